The maximum Gasteiger partial charge on any atom is 0.230 e. The monoisotopic (exact) mass is 263 g/mol. The molecule has 0 radical (unpaired) electrons. The Morgan fingerprint density at radius 3 is 2.67 bits per heavy atom. The minimum absolute atomic E-state index is 0.335. The number of aromatic nitrogens is 4. The maximum absolute atomic E-state index is 11.0. The van der Waals surface area contributed by atoms with Gasteiger partial charge < -0.3 is 10.3 Å². The smallest absolute Gasteiger partial charge is 0.230 e. The van der Waals surface area contributed by atoms with Gasteiger partial charge in [-0.3, -0.25) is 9.78 Å². The molecule has 2 aromatic rings. The molecule has 18 heavy (non-hydrogen) atoms. The molecule has 0 saturated carbocycles. The average molecular weight is 263 g/mol. The zero-order chi connectivity index (χ0) is 13.1. The first-order chi connectivity index (χ1) is 8.59. The van der Waals surface area contributed by atoms with Crippen molar-refractivity contribution in [3.05, 3.63) is 24.5 Å². The van der Waals surface area contributed by atoms with E-state index >= 15 is 0 Å². The quantitative estimate of drug-likeness (QED) is 0.826. The summed E-state index contributed by atoms with van der Waals surface area (Å²) in [5, 5.41) is 8.50. The van der Waals surface area contributed by atoms with Crippen LogP contribution in [0.3, 0.4) is 0 Å². The van der Waals surface area contributed by atoms with Crippen molar-refractivity contribution in [3.8, 4) is 11.4 Å². The molecule has 0 aromatic carbocycles. The van der Waals surface area contributed by atoms with Crippen molar-refractivity contribution in [2.24, 2.45) is 12.8 Å². The SMILES string of the molecule is C[C@H](Sc1nnc(-c2ccncc2)n1C)C(N)=O. The molecular formula is C11H13N5OS. The van der Waals surface area contributed by atoms with E-state index in [0.717, 1.165) is 11.4 Å². The molecule has 0 fully saturated rings. The topological polar surface area (TPSA) is 86.7 Å². The highest BCUT2D eigenvalue weighted by Gasteiger charge is 2.16. The van der Waals surface area contributed by atoms with Crippen molar-refractivity contribution in [1.29, 1.82) is 0 Å². The Morgan fingerprint density at radius 2 is 2.06 bits per heavy atom. The standard InChI is InChI=1S/C11H13N5OS/c1-7(9(12)17)18-11-15-14-10(16(11)2)8-3-5-13-6-4-8/h3-7H,1-2H3,(H2,12,17)/t7-/m0/s1. The van der Waals surface area contributed by atoms with Gasteiger partial charge in [0, 0.05) is 25.0 Å². The van der Waals surface area contributed by atoms with Crippen molar-refractivity contribution in [1.82, 2.24) is 19.7 Å². The summed E-state index contributed by atoms with van der Waals surface area (Å²) in [6.45, 7) is 1.74. The van der Waals surface area contributed by atoms with Gasteiger partial charge in [-0.2, -0.15) is 0 Å². The van der Waals surface area contributed by atoms with E-state index in [1.807, 2.05) is 23.7 Å². The predicted molar refractivity (Wildman–Crippen MR) is 68.7 cm³/mol. The second kappa shape index (κ2) is 5.18. The van der Waals surface area contributed by atoms with Crippen LogP contribution in [0.15, 0.2) is 29.7 Å². The molecule has 0 saturated heterocycles. The Hall–Kier alpha value is -1.89. The lowest BCUT2D eigenvalue weighted by Gasteiger charge is -2.06. The van der Waals surface area contributed by atoms with E-state index in [9.17, 15) is 4.79 Å². The molecule has 2 aromatic heterocycles. The molecule has 7 heteroatoms. The largest absolute Gasteiger partial charge is 0.369 e. The molecule has 0 aliphatic rings. The summed E-state index contributed by atoms with van der Waals surface area (Å²) in [5.41, 5.74) is 6.16. The third-order valence-corrected chi connectivity index (χ3v) is 3.61. The average Bonchev–Trinajstić information content (AvgIpc) is 2.72. The molecule has 2 N–H and O–H groups in total. The highest BCUT2D eigenvalue weighted by molar-refractivity contribution is 8.00. The van der Waals surface area contributed by atoms with Crippen molar-refractivity contribution in [2.75, 3.05) is 0 Å². The van der Waals surface area contributed by atoms with Gasteiger partial charge >= 0.3 is 0 Å². The van der Waals surface area contributed by atoms with Crippen molar-refractivity contribution >= 4 is 17.7 Å². The summed E-state index contributed by atoms with van der Waals surface area (Å²) in [7, 11) is 1.85. The Balaban J connectivity index is 2.27. The number of carbonyl (C=O) groups excluding carboxylic acids is 1. The van der Waals surface area contributed by atoms with E-state index in [4.69, 9.17) is 5.73 Å². The van der Waals surface area contributed by atoms with Gasteiger partial charge in [0.2, 0.25) is 5.91 Å². The molecule has 0 unspecified atom stereocenters. The van der Waals surface area contributed by atoms with Crippen molar-refractivity contribution < 1.29 is 4.79 Å². The fraction of sp³-hybridized carbons (Fsp3) is 0.273. The summed E-state index contributed by atoms with van der Waals surface area (Å²) in [5.74, 6) is 0.366. The zero-order valence-electron chi connectivity index (χ0n) is 10.1. The first-order valence-corrected chi connectivity index (χ1v) is 6.23. The number of hydrogen-bond donors (Lipinski definition) is 1. The first-order valence-electron chi connectivity index (χ1n) is 5.35. The Labute approximate surface area is 109 Å². The van der Waals surface area contributed by atoms with Gasteiger partial charge in [0.25, 0.3) is 0 Å². The second-order valence-corrected chi connectivity index (χ2v) is 5.07. The highest BCUT2D eigenvalue weighted by Crippen LogP contribution is 2.24. The van der Waals surface area contributed by atoms with Crippen LogP contribution >= 0.6 is 11.8 Å². The molecule has 0 spiro atoms. The van der Waals surface area contributed by atoms with Gasteiger partial charge in [0.15, 0.2) is 11.0 Å². The van der Waals surface area contributed by atoms with Crippen LogP contribution in [-0.2, 0) is 11.8 Å². The lowest BCUT2D eigenvalue weighted by molar-refractivity contribution is -0.117. The number of nitrogens with zero attached hydrogens (tertiary/aromatic N) is 4. The Bertz CT molecular complexity index is 554. The number of rotatable bonds is 4. The van der Waals surface area contributed by atoms with Crippen LogP contribution in [-0.4, -0.2) is 30.9 Å². The molecule has 6 nitrogen and oxygen atoms in total. The molecule has 0 aliphatic heterocycles. The summed E-state index contributed by atoms with van der Waals surface area (Å²) in [6.07, 6.45) is 3.39. The zero-order valence-corrected chi connectivity index (χ0v) is 10.9. The summed E-state index contributed by atoms with van der Waals surface area (Å²) >= 11 is 1.29. The number of nitrogens with two attached hydrogens (primary N) is 1. The lowest BCUT2D eigenvalue weighted by atomic mass is 10.2. The van der Waals surface area contributed by atoms with E-state index in [0.29, 0.717) is 5.16 Å². The van der Waals surface area contributed by atoms with Gasteiger partial charge in [-0.25, -0.2) is 0 Å². The van der Waals surface area contributed by atoms with Gasteiger partial charge in [-0.1, -0.05) is 11.8 Å². The van der Waals surface area contributed by atoms with Crippen LogP contribution in [0.1, 0.15) is 6.92 Å². The predicted octanol–water partition coefficient (Wildman–Crippen LogP) is 0.843. The van der Waals surface area contributed by atoms with Crippen LogP contribution in [0, 0.1) is 0 Å². The van der Waals surface area contributed by atoms with E-state index < -0.39 is 0 Å². The van der Waals surface area contributed by atoms with Gasteiger partial charge in [0.05, 0.1) is 5.25 Å². The normalized spacial score (nSPS) is 12.3. The van der Waals surface area contributed by atoms with Crippen LogP contribution in [0.4, 0.5) is 0 Å². The lowest BCUT2D eigenvalue weighted by Crippen LogP contribution is -2.22. The molecule has 1 atom stereocenters. The second-order valence-electron chi connectivity index (χ2n) is 3.76. The third kappa shape index (κ3) is 2.51. The number of amides is 1. The van der Waals surface area contributed by atoms with Gasteiger partial charge in [-0.15, -0.1) is 10.2 Å². The van der Waals surface area contributed by atoms with Gasteiger partial charge in [-0.05, 0) is 19.1 Å². The number of hydrogen-bond acceptors (Lipinski definition) is 5. The molecule has 0 aliphatic carbocycles. The number of thioether (sulfide) groups is 1. The van der Waals surface area contributed by atoms with Gasteiger partial charge in [0.1, 0.15) is 0 Å². The van der Waals surface area contributed by atoms with Crippen molar-refractivity contribution in [3.63, 3.8) is 0 Å². The molecular weight excluding hydrogens is 250 g/mol. The van der Waals surface area contributed by atoms with Crippen LogP contribution < -0.4 is 5.73 Å². The summed E-state index contributed by atoms with van der Waals surface area (Å²) in [6, 6.07) is 3.71. The minimum Gasteiger partial charge on any atom is -0.369 e. The molecule has 2 heterocycles. The fourth-order valence-electron chi connectivity index (χ4n) is 1.39. The Morgan fingerprint density at radius 1 is 1.39 bits per heavy atom. The first kappa shape index (κ1) is 12.6. The maximum atomic E-state index is 11.0. The van der Waals surface area contributed by atoms with Crippen molar-refractivity contribution in [2.45, 2.75) is 17.3 Å². The third-order valence-electron chi connectivity index (χ3n) is 2.46. The summed E-state index contributed by atoms with van der Waals surface area (Å²) in [4.78, 5) is 15.0. The number of primary amides is 1. The molecule has 2 rings (SSSR count). The van der Waals surface area contributed by atoms with Crippen LogP contribution in [0.2, 0.25) is 0 Å². The number of carbonyl (C=O) groups is 1. The van der Waals surface area contributed by atoms with E-state index in [-0.39, 0.29) is 11.2 Å². The molecule has 94 valence electrons. The Kier molecular flexibility index (Phi) is 3.61. The van der Waals surface area contributed by atoms with E-state index in [2.05, 4.69) is 15.2 Å². The number of pyridine rings is 1. The van der Waals surface area contributed by atoms with Crippen LogP contribution in [0.25, 0.3) is 11.4 Å². The molecule has 0 bridgehead atoms. The highest BCUT2D eigenvalue weighted by atomic mass is 32.2. The summed E-state index contributed by atoms with van der Waals surface area (Å²) < 4.78 is 1.83. The minimum atomic E-state index is -0.367. The van der Waals surface area contributed by atoms with Crippen LogP contribution in [0.5, 0.6) is 0 Å². The fourth-order valence-corrected chi connectivity index (χ4v) is 2.15. The molecule has 1 amide bonds. The van der Waals surface area contributed by atoms with E-state index in [1.54, 1.807) is 19.3 Å². The van der Waals surface area contributed by atoms with E-state index in [1.165, 1.54) is 11.8 Å².